The summed E-state index contributed by atoms with van der Waals surface area (Å²) in [5.74, 6) is -0.0947. The molecule has 160 valence electrons. The highest BCUT2D eigenvalue weighted by Gasteiger charge is 2.37. The molecule has 0 spiro atoms. The molecule has 0 aromatic heterocycles. The van der Waals surface area contributed by atoms with Crippen molar-refractivity contribution in [2.75, 3.05) is 16.2 Å². The summed E-state index contributed by atoms with van der Waals surface area (Å²) in [7, 11) is -3.93. The summed E-state index contributed by atoms with van der Waals surface area (Å²) < 4.78 is 33.8. The summed E-state index contributed by atoms with van der Waals surface area (Å²) >= 11 is 5.91. The average molecular weight is 457 g/mol. The zero-order valence-corrected chi connectivity index (χ0v) is 18.6. The quantitative estimate of drug-likeness (QED) is 0.624. The van der Waals surface area contributed by atoms with Crippen LogP contribution < -0.4 is 14.4 Å². The van der Waals surface area contributed by atoms with Gasteiger partial charge in [0.2, 0.25) is 0 Å². The van der Waals surface area contributed by atoms with E-state index in [2.05, 4.69) is 5.32 Å². The number of nitrogens with one attached hydrogen (secondary N) is 1. The Balaban J connectivity index is 1.67. The lowest BCUT2D eigenvalue weighted by molar-refractivity contribution is -0.122. The number of halogens is 1. The first-order valence-electron chi connectivity index (χ1n) is 9.67. The molecule has 3 aromatic carbocycles. The summed E-state index contributed by atoms with van der Waals surface area (Å²) in [5.41, 5.74) is 3.04. The van der Waals surface area contributed by atoms with Gasteiger partial charge in [0.05, 0.1) is 17.1 Å². The van der Waals surface area contributed by atoms with Crippen LogP contribution in [0.2, 0.25) is 5.02 Å². The van der Waals surface area contributed by atoms with Gasteiger partial charge in [-0.2, -0.15) is 0 Å². The van der Waals surface area contributed by atoms with Gasteiger partial charge >= 0.3 is 0 Å². The van der Waals surface area contributed by atoms with Crippen LogP contribution in [0.3, 0.4) is 0 Å². The molecule has 0 saturated carbocycles. The molecule has 0 radical (unpaired) electrons. The van der Waals surface area contributed by atoms with E-state index < -0.39 is 22.0 Å². The van der Waals surface area contributed by atoms with Gasteiger partial charge in [0.1, 0.15) is 5.75 Å². The molecule has 1 aliphatic rings. The number of fused-ring (bicyclic) bond motifs is 1. The molecular formula is C23H21ClN2O4S. The third-order valence-corrected chi connectivity index (χ3v) is 6.96. The van der Waals surface area contributed by atoms with Crippen molar-refractivity contribution in [1.29, 1.82) is 0 Å². The molecule has 6 nitrogen and oxygen atoms in total. The Bertz CT molecular complexity index is 1220. The third-order valence-electron chi connectivity index (χ3n) is 4.92. The SMILES string of the molecule is Cc1cc(C)cc(NC(=O)[C@H]2CN(S(=O)(=O)c3ccc(Cl)cc3)c3ccccc3O2)c1. The molecule has 4 rings (SSSR count). The maximum atomic E-state index is 13.4. The number of benzene rings is 3. The number of aryl methyl sites for hydroxylation is 2. The summed E-state index contributed by atoms with van der Waals surface area (Å²) in [4.78, 5) is 13.1. The van der Waals surface area contributed by atoms with Crippen LogP contribution in [0.25, 0.3) is 0 Å². The molecule has 0 bridgehead atoms. The van der Waals surface area contributed by atoms with Crippen molar-refractivity contribution in [3.05, 3.63) is 82.9 Å². The van der Waals surface area contributed by atoms with Gasteiger partial charge < -0.3 is 10.1 Å². The third kappa shape index (κ3) is 4.38. The van der Waals surface area contributed by atoms with Gasteiger partial charge in [0.25, 0.3) is 15.9 Å². The number of hydrogen-bond acceptors (Lipinski definition) is 4. The Morgan fingerprint density at radius 3 is 2.35 bits per heavy atom. The Kier molecular flexibility index (Phi) is 5.64. The van der Waals surface area contributed by atoms with Crippen LogP contribution in [0.1, 0.15) is 11.1 Å². The number of para-hydroxylation sites is 2. The van der Waals surface area contributed by atoms with Gasteiger partial charge in [-0.1, -0.05) is 29.8 Å². The molecule has 1 aliphatic heterocycles. The molecule has 1 N–H and O–H groups in total. The second-order valence-electron chi connectivity index (χ2n) is 7.43. The molecular weight excluding hydrogens is 436 g/mol. The van der Waals surface area contributed by atoms with E-state index >= 15 is 0 Å². The van der Waals surface area contributed by atoms with Crippen LogP contribution in [0.4, 0.5) is 11.4 Å². The number of anilines is 2. The van der Waals surface area contributed by atoms with Crippen LogP contribution in [0, 0.1) is 13.8 Å². The highest BCUT2D eigenvalue weighted by molar-refractivity contribution is 7.92. The van der Waals surface area contributed by atoms with Crippen LogP contribution in [-0.4, -0.2) is 27.0 Å². The number of carbonyl (C=O) groups excluding carboxylic acids is 1. The summed E-state index contributed by atoms with van der Waals surface area (Å²) in [6.07, 6.45) is -1.02. The van der Waals surface area contributed by atoms with E-state index in [1.807, 2.05) is 32.0 Å². The first-order valence-corrected chi connectivity index (χ1v) is 11.5. The van der Waals surface area contributed by atoms with Gasteiger partial charge in [-0.15, -0.1) is 0 Å². The van der Waals surface area contributed by atoms with E-state index in [1.165, 1.54) is 28.6 Å². The molecule has 8 heteroatoms. The minimum Gasteiger partial charge on any atom is -0.476 e. The van der Waals surface area contributed by atoms with Gasteiger partial charge in [-0.25, -0.2) is 8.42 Å². The van der Waals surface area contributed by atoms with Crippen LogP contribution >= 0.6 is 11.6 Å². The minimum atomic E-state index is -3.93. The van der Waals surface area contributed by atoms with Gasteiger partial charge in [0, 0.05) is 10.7 Å². The highest BCUT2D eigenvalue weighted by atomic mass is 35.5. The molecule has 3 aromatic rings. The highest BCUT2D eigenvalue weighted by Crippen LogP contribution is 2.37. The average Bonchev–Trinajstić information content (AvgIpc) is 2.72. The molecule has 0 unspecified atom stereocenters. The second-order valence-corrected chi connectivity index (χ2v) is 9.73. The van der Waals surface area contributed by atoms with Gasteiger partial charge in [0.15, 0.2) is 6.10 Å². The first-order chi connectivity index (χ1) is 14.7. The molecule has 1 atom stereocenters. The molecule has 0 aliphatic carbocycles. The topological polar surface area (TPSA) is 75.7 Å². The fourth-order valence-corrected chi connectivity index (χ4v) is 5.17. The Morgan fingerprint density at radius 1 is 1.03 bits per heavy atom. The second kappa shape index (κ2) is 8.24. The van der Waals surface area contributed by atoms with Crippen molar-refractivity contribution in [2.24, 2.45) is 0 Å². The van der Waals surface area contributed by atoms with Crippen LogP contribution in [0.5, 0.6) is 5.75 Å². The maximum absolute atomic E-state index is 13.4. The molecule has 0 saturated heterocycles. The molecule has 1 heterocycles. The van der Waals surface area contributed by atoms with Crippen molar-refractivity contribution in [3.8, 4) is 5.75 Å². The van der Waals surface area contributed by atoms with E-state index in [4.69, 9.17) is 16.3 Å². The zero-order chi connectivity index (χ0) is 22.2. The molecule has 0 fully saturated rings. The lowest BCUT2D eigenvalue weighted by Gasteiger charge is -2.34. The fraction of sp³-hybridized carbons (Fsp3) is 0.174. The standard InChI is InChI=1S/C23H21ClN2O4S/c1-15-11-16(2)13-18(12-15)25-23(27)22-14-26(20-5-3-4-6-21(20)30-22)31(28,29)19-9-7-17(24)8-10-19/h3-13,22H,14H2,1-2H3,(H,25,27)/t22-/m1/s1. The maximum Gasteiger partial charge on any atom is 0.267 e. The number of carbonyl (C=O) groups is 1. The predicted octanol–water partition coefficient (Wildman–Crippen LogP) is 4.55. The van der Waals surface area contributed by atoms with E-state index in [0.717, 1.165) is 11.1 Å². The largest absolute Gasteiger partial charge is 0.476 e. The van der Waals surface area contributed by atoms with E-state index in [1.54, 1.807) is 24.3 Å². The van der Waals surface area contributed by atoms with Crippen LogP contribution in [-0.2, 0) is 14.8 Å². The number of sulfonamides is 1. The molecule has 31 heavy (non-hydrogen) atoms. The first kappa shape index (κ1) is 21.2. The summed E-state index contributed by atoms with van der Waals surface area (Å²) in [6, 6.07) is 18.4. The predicted molar refractivity (Wildman–Crippen MR) is 121 cm³/mol. The van der Waals surface area contributed by atoms with Crippen molar-refractivity contribution >= 4 is 38.9 Å². The minimum absolute atomic E-state index is 0.0853. The number of hydrogen-bond donors (Lipinski definition) is 1. The summed E-state index contributed by atoms with van der Waals surface area (Å²) in [6.45, 7) is 3.73. The summed E-state index contributed by atoms with van der Waals surface area (Å²) in [5, 5.41) is 3.28. The Morgan fingerprint density at radius 2 is 1.68 bits per heavy atom. The fourth-order valence-electron chi connectivity index (χ4n) is 3.57. The lowest BCUT2D eigenvalue weighted by Crippen LogP contribution is -2.48. The van der Waals surface area contributed by atoms with E-state index in [9.17, 15) is 13.2 Å². The van der Waals surface area contributed by atoms with Crippen molar-refractivity contribution in [1.82, 2.24) is 0 Å². The van der Waals surface area contributed by atoms with Crippen molar-refractivity contribution in [3.63, 3.8) is 0 Å². The van der Waals surface area contributed by atoms with E-state index in [-0.39, 0.29) is 11.4 Å². The van der Waals surface area contributed by atoms with Gasteiger partial charge in [-0.05, 0) is 73.5 Å². The van der Waals surface area contributed by atoms with E-state index in [0.29, 0.717) is 22.1 Å². The number of amides is 1. The Hall–Kier alpha value is -3.03. The van der Waals surface area contributed by atoms with Gasteiger partial charge in [-0.3, -0.25) is 9.10 Å². The Labute approximate surface area is 186 Å². The monoisotopic (exact) mass is 456 g/mol. The smallest absolute Gasteiger partial charge is 0.267 e. The number of rotatable bonds is 4. The number of ether oxygens (including phenoxy) is 1. The van der Waals surface area contributed by atoms with Crippen molar-refractivity contribution in [2.45, 2.75) is 24.8 Å². The number of nitrogens with zero attached hydrogens (tertiary/aromatic N) is 1. The van der Waals surface area contributed by atoms with Crippen LogP contribution in [0.15, 0.2) is 71.6 Å². The lowest BCUT2D eigenvalue weighted by atomic mass is 10.1. The molecule has 1 amide bonds. The van der Waals surface area contributed by atoms with Crippen molar-refractivity contribution < 1.29 is 17.9 Å². The normalized spacial score (nSPS) is 15.7. The zero-order valence-electron chi connectivity index (χ0n) is 17.0.